The SMILES string of the molecule is C[C@H](NS(=O)(=O)Cc1cccc([N+](=O)[O-])c1)c1ccc(C(C)(C)C)cc1. The summed E-state index contributed by atoms with van der Waals surface area (Å²) in [5.74, 6) is -0.306. The molecule has 0 spiro atoms. The number of nitro benzene ring substituents is 1. The predicted octanol–water partition coefficient (Wildman–Crippen LogP) is 4.07. The Morgan fingerprint density at radius 2 is 1.73 bits per heavy atom. The standard InChI is InChI=1S/C19H24N2O4S/c1-14(16-8-10-17(11-9-16)19(2,3)4)20-26(24,25)13-15-6-5-7-18(12-15)21(22)23/h5-12,14,20H,13H2,1-4H3/t14-/m0/s1. The highest BCUT2D eigenvalue weighted by Gasteiger charge is 2.19. The second-order valence-electron chi connectivity index (χ2n) is 7.40. The van der Waals surface area contributed by atoms with E-state index in [4.69, 9.17) is 0 Å². The Labute approximate surface area is 154 Å². The van der Waals surface area contributed by atoms with Crippen molar-refractivity contribution in [3.05, 3.63) is 75.3 Å². The van der Waals surface area contributed by atoms with Crippen molar-refractivity contribution in [2.75, 3.05) is 0 Å². The van der Waals surface area contributed by atoms with Crippen LogP contribution in [-0.4, -0.2) is 13.3 Å². The van der Waals surface area contributed by atoms with E-state index in [0.29, 0.717) is 5.56 Å². The minimum atomic E-state index is -3.64. The lowest BCUT2D eigenvalue weighted by molar-refractivity contribution is -0.384. The lowest BCUT2D eigenvalue weighted by Gasteiger charge is -2.20. The van der Waals surface area contributed by atoms with Gasteiger partial charge in [0.2, 0.25) is 10.0 Å². The third-order valence-corrected chi connectivity index (χ3v) is 5.54. The van der Waals surface area contributed by atoms with Crippen LogP contribution in [-0.2, 0) is 21.2 Å². The smallest absolute Gasteiger partial charge is 0.258 e. The molecule has 2 rings (SSSR count). The number of rotatable bonds is 6. The number of hydrogen-bond acceptors (Lipinski definition) is 4. The van der Waals surface area contributed by atoms with Gasteiger partial charge in [0, 0.05) is 18.2 Å². The van der Waals surface area contributed by atoms with Crippen molar-refractivity contribution in [1.82, 2.24) is 4.72 Å². The lowest BCUT2D eigenvalue weighted by Crippen LogP contribution is -2.28. The number of non-ortho nitro benzene ring substituents is 1. The van der Waals surface area contributed by atoms with E-state index in [0.717, 1.165) is 5.56 Å². The normalized spacial score (nSPS) is 13.4. The molecular formula is C19H24N2O4S. The molecule has 140 valence electrons. The molecule has 2 aromatic rings. The van der Waals surface area contributed by atoms with Crippen LogP contribution in [0, 0.1) is 10.1 Å². The summed E-state index contributed by atoms with van der Waals surface area (Å²) >= 11 is 0. The van der Waals surface area contributed by atoms with E-state index >= 15 is 0 Å². The summed E-state index contributed by atoms with van der Waals surface area (Å²) in [5.41, 5.74) is 2.32. The van der Waals surface area contributed by atoms with Crippen molar-refractivity contribution < 1.29 is 13.3 Å². The highest BCUT2D eigenvalue weighted by molar-refractivity contribution is 7.88. The number of nitro groups is 1. The van der Waals surface area contributed by atoms with Crippen LogP contribution in [0.5, 0.6) is 0 Å². The molecule has 0 bridgehead atoms. The van der Waals surface area contributed by atoms with Crippen molar-refractivity contribution >= 4 is 15.7 Å². The summed E-state index contributed by atoms with van der Waals surface area (Å²) in [5, 5.41) is 10.8. The largest absolute Gasteiger partial charge is 0.269 e. The van der Waals surface area contributed by atoms with Crippen LogP contribution in [0.1, 0.15) is 50.4 Å². The zero-order valence-corrected chi connectivity index (χ0v) is 16.2. The van der Waals surface area contributed by atoms with E-state index in [-0.39, 0.29) is 16.9 Å². The first-order chi connectivity index (χ1) is 12.0. The average molecular weight is 376 g/mol. The molecule has 7 heteroatoms. The Balaban J connectivity index is 2.11. The van der Waals surface area contributed by atoms with Gasteiger partial charge in [-0.25, -0.2) is 13.1 Å². The molecule has 0 aliphatic carbocycles. The van der Waals surface area contributed by atoms with E-state index in [1.165, 1.54) is 23.8 Å². The Bertz CT molecular complexity index is 885. The summed E-state index contributed by atoms with van der Waals surface area (Å²) in [6.45, 7) is 8.13. The van der Waals surface area contributed by atoms with E-state index in [9.17, 15) is 18.5 Å². The van der Waals surface area contributed by atoms with Crippen molar-refractivity contribution in [2.24, 2.45) is 0 Å². The molecule has 0 radical (unpaired) electrons. The summed E-state index contributed by atoms with van der Waals surface area (Å²) in [6.07, 6.45) is 0. The molecule has 2 aromatic carbocycles. The van der Waals surface area contributed by atoms with Gasteiger partial charge in [0.05, 0.1) is 10.7 Å². The van der Waals surface area contributed by atoms with Crippen molar-refractivity contribution in [3.63, 3.8) is 0 Å². The quantitative estimate of drug-likeness (QED) is 0.608. The minimum absolute atomic E-state index is 0.0311. The van der Waals surface area contributed by atoms with Gasteiger partial charge < -0.3 is 0 Å². The molecule has 0 unspecified atom stereocenters. The highest BCUT2D eigenvalue weighted by Crippen LogP contribution is 2.24. The summed E-state index contributed by atoms with van der Waals surface area (Å²) < 4.78 is 27.5. The second-order valence-corrected chi connectivity index (χ2v) is 9.15. The molecule has 0 saturated heterocycles. The molecule has 0 heterocycles. The van der Waals surface area contributed by atoms with Crippen LogP contribution in [0.15, 0.2) is 48.5 Å². The Hall–Kier alpha value is -2.25. The lowest BCUT2D eigenvalue weighted by atomic mass is 9.86. The van der Waals surface area contributed by atoms with Crippen molar-refractivity contribution in [1.29, 1.82) is 0 Å². The van der Waals surface area contributed by atoms with E-state index in [1.54, 1.807) is 13.0 Å². The van der Waals surface area contributed by atoms with Gasteiger partial charge in [-0.1, -0.05) is 57.2 Å². The molecule has 0 aliphatic rings. The maximum absolute atomic E-state index is 12.4. The molecule has 0 aliphatic heterocycles. The fourth-order valence-electron chi connectivity index (χ4n) is 2.63. The van der Waals surface area contributed by atoms with Gasteiger partial charge in [-0.3, -0.25) is 10.1 Å². The molecule has 0 aromatic heterocycles. The van der Waals surface area contributed by atoms with Crippen LogP contribution < -0.4 is 4.72 Å². The molecule has 26 heavy (non-hydrogen) atoms. The molecule has 1 N–H and O–H groups in total. The maximum Gasteiger partial charge on any atom is 0.269 e. The molecule has 0 saturated carbocycles. The molecular weight excluding hydrogens is 352 g/mol. The highest BCUT2D eigenvalue weighted by atomic mass is 32.2. The second kappa shape index (κ2) is 7.55. The Morgan fingerprint density at radius 3 is 2.27 bits per heavy atom. The van der Waals surface area contributed by atoms with Crippen LogP contribution >= 0.6 is 0 Å². The fraction of sp³-hybridized carbons (Fsp3) is 0.368. The van der Waals surface area contributed by atoms with E-state index in [1.807, 2.05) is 24.3 Å². The van der Waals surface area contributed by atoms with Gasteiger partial charge in [-0.15, -0.1) is 0 Å². The number of benzene rings is 2. The zero-order valence-electron chi connectivity index (χ0n) is 15.4. The maximum atomic E-state index is 12.4. The molecule has 0 fully saturated rings. The van der Waals surface area contributed by atoms with Crippen LogP contribution in [0.4, 0.5) is 5.69 Å². The number of nitrogens with zero attached hydrogens (tertiary/aromatic N) is 1. The molecule has 1 atom stereocenters. The molecule has 6 nitrogen and oxygen atoms in total. The first-order valence-corrected chi connectivity index (χ1v) is 9.97. The van der Waals surface area contributed by atoms with Gasteiger partial charge in [-0.2, -0.15) is 0 Å². The van der Waals surface area contributed by atoms with Gasteiger partial charge in [-0.05, 0) is 29.0 Å². The van der Waals surface area contributed by atoms with Gasteiger partial charge in [0.25, 0.3) is 5.69 Å². The summed E-state index contributed by atoms with van der Waals surface area (Å²) in [4.78, 5) is 10.3. The van der Waals surface area contributed by atoms with Crippen molar-refractivity contribution in [3.8, 4) is 0 Å². The average Bonchev–Trinajstić information content (AvgIpc) is 2.53. The monoisotopic (exact) mass is 376 g/mol. The zero-order chi connectivity index (χ0) is 19.5. The van der Waals surface area contributed by atoms with E-state index in [2.05, 4.69) is 25.5 Å². The Kier molecular flexibility index (Phi) is 5.83. The number of sulfonamides is 1. The number of hydrogen-bond donors (Lipinski definition) is 1. The van der Waals surface area contributed by atoms with Crippen LogP contribution in [0.2, 0.25) is 0 Å². The van der Waals surface area contributed by atoms with Gasteiger partial charge in [0.1, 0.15) is 0 Å². The minimum Gasteiger partial charge on any atom is -0.258 e. The predicted molar refractivity (Wildman–Crippen MR) is 102 cm³/mol. The van der Waals surface area contributed by atoms with Crippen LogP contribution in [0.25, 0.3) is 0 Å². The first-order valence-electron chi connectivity index (χ1n) is 8.32. The topological polar surface area (TPSA) is 89.3 Å². The van der Waals surface area contributed by atoms with Gasteiger partial charge in [0.15, 0.2) is 0 Å². The summed E-state index contributed by atoms with van der Waals surface area (Å²) in [7, 11) is -3.64. The van der Waals surface area contributed by atoms with Crippen molar-refractivity contribution in [2.45, 2.75) is 44.9 Å². The fourth-order valence-corrected chi connectivity index (χ4v) is 4.01. The third-order valence-electron chi connectivity index (χ3n) is 4.11. The van der Waals surface area contributed by atoms with Crippen LogP contribution in [0.3, 0.4) is 0 Å². The Morgan fingerprint density at radius 1 is 1.12 bits per heavy atom. The molecule has 0 amide bonds. The third kappa shape index (κ3) is 5.37. The number of nitrogens with one attached hydrogen (secondary N) is 1. The first kappa shape index (κ1) is 20.1. The summed E-state index contributed by atoms with van der Waals surface area (Å²) in [6, 6.07) is 13.1. The van der Waals surface area contributed by atoms with Gasteiger partial charge >= 0.3 is 0 Å². The van der Waals surface area contributed by atoms with E-state index < -0.39 is 21.0 Å².